The zero-order valence-corrected chi connectivity index (χ0v) is 13.8. The maximum Gasteiger partial charge on any atom is 0.240 e. The smallest absolute Gasteiger partial charge is 0.240 e. The number of para-hydroxylation sites is 1. The molecule has 0 spiro atoms. The highest BCUT2D eigenvalue weighted by Crippen LogP contribution is 2.24. The van der Waals surface area contributed by atoms with Crippen LogP contribution in [0.25, 0.3) is 10.9 Å². The number of amides is 2. The van der Waals surface area contributed by atoms with Crippen molar-refractivity contribution in [2.45, 2.75) is 13.5 Å². The first kappa shape index (κ1) is 16.6. The Bertz CT molecular complexity index is 891. The summed E-state index contributed by atoms with van der Waals surface area (Å²) in [5.74, 6) is -0.447. The van der Waals surface area contributed by atoms with Crippen molar-refractivity contribution in [3.05, 3.63) is 66.6 Å². The second kappa shape index (κ2) is 7.53. The molecule has 0 aliphatic rings. The summed E-state index contributed by atoms with van der Waals surface area (Å²) < 4.78 is 0. The van der Waals surface area contributed by atoms with Crippen LogP contribution in [0.1, 0.15) is 12.5 Å². The Morgan fingerprint density at radius 1 is 1.04 bits per heavy atom. The molecular weight excluding hydrogens is 316 g/mol. The van der Waals surface area contributed by atoms with Crippen molar-refractivity contribution < 1.29 is 9.59 Å². The van der Waals surface area contributed by atoms with Crippen molar-refractivity contribution in [3.8, 4) is 0 Å². The maximum absolute atomic E-state index is 12.3. The van der Waals surface area contributed by atoms with Gasteiger partial charge in [-0.05, 0) is 29.8 Å². The minimum atomic E-state index is -0.236. The molecule has 25 heavy (non-hydrogen) atoms. The summed E-state index contributed by atoms with van der Waals surface area (Å²) in [6, 6.07) is 13.0. The van der Waals surface area contributed by atoms with Gasteiger partial charge in [-0.25, -0.2) is 0 Å². The number of nitrogens with one attached hydrogen (secondary N) is 1. The van der Waals surface area contributed by atoms with Gasteiger partial charge in [-0.15, -0.1) is 0 Å². The molecule has 1 N–H and O–H groups in total. The molecule has 2 amide bonds. The van der Waals surface area contributed by atoms with Crippen LogP contribution in [-0.4, -0.2) is 28.3 Å². The van der Waals surface area contributed by atoms with Gasteiger partial charge < -0.3 is 10.2 Å². The molecule has 0 aliphatic carbocycles. The normalized spacial score (nSPS) is 10.4. The second-order valence-electron chi connectivity index (χ2n) is 5.59. The number of rotatable bonds is 5. The zero-order chi connectivity index (χ0) is 17.6. The fourth-order valence-electron chi connectivity index (χ4n) is 2.57. The highest BCUT2D eigenvalue weighted by Gasteiger charge is 2.18. The number of pyridine rings is 2. The molecule has 2 aromatic heterocycles. The SMILES string of the molecule is CC(=O)N(CC(=O)NCc1ccncc1)c1cccc2cccnc12. The van der Waals surface area contributed by atoms with Crippen LogP contribution in [0.5, 0.6) is 0 Å². The molecule has 1 aromatic carbocycles. The van der Waals surface area contributed by atoms with Gasteiger partial charge in [0.15, 0.2) is 0 Å². The number of hydrogen-bond acceptors (Lipinski definition) is 4. The summed E-state index contributed by atoms with van der Waals surface area (Å²) in [5.41, 5.74) is 2.27. The Kier molecular flexibility index (Phi) is 4.99. The standard InChI is InChI=1S/C19H18N4O2/c1-14(24)23(13-18(25)22-12-15-7-10-20-11-8-15)17-6-2-4-16-5-3-9-21-19(16)17/h2-11H,12-13H2,1H3,(H,22,25). The van der Waals surface area contributed by atoms with Crippen molar-refractivity contribution in [3.63, 3.8) is 0 Å². The monoisotopic (exact) mass is 334 g/mol. The number of nitrogens with zero attached hydrogens (tertiary/aromatic N) is 3. The van der Waals surface area contributed by atoms with Crippen molar-refractivity contribution >= 4 is 28.4 Å². The van der Waals surface area contributed by atoms with E-state index in [0.29, 0.717) is 17.7 Å². The molecule has 0 unspecified atom stereocenters. The van der Waals surface area contributed by atoms with Gasteiger partial charge in [-0.2, -0.15) is 0 Å². The molecule has 0 aliphatic heterocycles. The molecule has 0 bridgehead atoms. The Balaban J connectivity index is 1.77. The lowest BCUT2D eigenvalue weighted by Gasteiger charge is -2.21. The molecule has 6 nitrogen and oxygen atoms in total. The fourth-order valence-corrected chi connectivity index (χ4v) is 2.57. The Morgan fingerprint density at radius 3 is 2.56 bits per heavy atom. The molecule has 6 heteroatoms. The summed E-state index contributed by atoms with van der Waals surface area (Å²) >= 11 is 0. The predicted molar refractivity (Wildman–Crippen MR) is 95.9 cm³/mol. The third-order valence-corrected chi connectivity index (χ3v) is 3.82. The molecular formula is C19H18N4O2. The average Bonchev–Trinajstić information content (AvgIpc) is 2.65. The maximum atomic E-state index is 12.3. The van der Waals surface area contributed by atoms with Crippen molar-refractivity contribution in [1.82, 2.24) is 15.3 Å². The number of fused-ring (bicyclic) bond motifs is 1. The average molecular weight is 334 g/mol. The van der Waals surface area contributed by atoms with Crippen LogP contribution in [0.3, 0.4) is 0 Å². The van der Waals surface area contributed by atoms with Crippen LogP contribution < -0.4 is 10.2 Å². The predicted octanol–water partition coefficient (Wildman–Crippen LogP) is 2.30. The largest absolute Gasteiger partial charge is 0.350 e. The summed E-state index contributed by atoms with van der Waals surface area (Å²) in [6.45, 7) is 1.77. The van der Waals surface area contributed by atoms with Gasteiger partial charge in [-0.1, -0.05) is 18.2 Å². The highest BCUT2D eigenvalue weighted by atomic mass is 16.2. The Labute approximate surface area is 145 Å². The number of aromatic nitrogens is 2. The number of benzene rings is 1. The first-order valence-electron chi connectivity index (χ1n) is 7.92. The van der Waals surface area contributed by atoms with Crippen molar-refractivity contribution in [2.24, 2.45) is 0 Å². The van der Waals surface area contributed by atoms with Crippen molar-refractivity contribution in [1.29, 1.82) is 0 Å². The van der Waals surface area contributed by atoms with Gasteiger partial charge in [0.1, 0.15) is 6.54 Å². The first-order chi connectivity index (χ1) is 12.1. The fraction of sp³-hybridized carbons (Fsp3) is 0.158. The van der Waals surface area contributed by atoms with Gasteiger partial charge in [0, 0.05) is 37.4 Å². The molecule has 2 heterocycles. The Morgan fingerprint density at radius 2 is 1.80 bits per heavy atom. The van der Waals surface area contributed by atoms with E-state index in [-0.39, 0.29) is 18.4 Å². The molecule has 3 aromatic rings. The van der Waals surface area contributed by atoms with Gasteiger partial charge in [0.25, 0.3) is 0 Å². The summed E-state index contributed by atoms with van der Waals surface area (Å²) in [5, 5.41) is 3.74. The van der Waals surface area contributed by atoms with E-state index in [4.69, 9.17) is 0 Å². The van der Waals surface area contributed by atoms with Crippen molar-refractivity contribution in [2.75, 3.05) is 11.4 Å². The zero-order valence-electron chi connectivity index (χ0n) is 13.8. The lowest BCUT2D eigenvalue weighted by molar-refractivity contribution is -0.123. The highest BCUT2D eigenvalue weighted by molar-refractivity contribution is 6.04. The molecule has 3 rings (SSSR count). The minimum Gasteiger partial charge on any atom is -0.350 e. The number of anilines is 1. The third kappa shape index (κ3) is 3.98. The van der Waals surface area contributed by atoms with Gasteiger partial charge in [0.05, 0.1) is 11.2 Å². The molecule has 0 saturated heterocycles. The topological polar surface area (TPSA) is 75.2 Å². The first-order valence-corrected chi connectivity index (χ1v) is 7.92. The number of carbonyl (C=O) groups excluding carboxylic acids is 2. The molecule has 126 valence electrons. The van der Waals surface area contributed by atoms with Crippen LogP contribution in [0.2, 0.25) is 0 Å². The van der Waals surface area contributed by atoms with E-state index >= 15 is 0 Å². The quantitative estimate of drug-likeness (QED) is 0.777. The van der Waals surface area contributed by atoms with E-state index in [1.807, 2.05) is 36.4 Å². The van der Waals surface area contributed by atoms with Crippen LogP contribution in [0.15, 0.2) is 61.1 Å². The van der Waals surface area contributed by atoms with E-state index < -0.39 is 0 Å². The summed E-state index contributed by atoms with van der Waals surface area (Å²) in [4.78, 5) is 34.1. The Hall–Kier alpha value is -3.28. The van der Waals surface area contributed by atoms with Crippen LogP contribution >= 0.6 is 0 Å². The van der Waals surface area contributed by atoms with Crippen LogP contribution in [-0.2, 0) is 16.1 Å². The number of hydrogen-bond donors (Lipinski definition) is 1. The molecule has 0 fully saturated rings. The van der Waals surface area contributed by atoms with E-state index in [1.165, 1.54) is 11.8 Å². The van der Waals surface area contributed by atoms with Gasteiger partial charge in [0.2, 0.25) is 11.8 Å². The minimum absolute atomic E-state index is 0.0594. The third-order valence-electron chi connectivity index (χ3n) is 3.82. The molecule has 0 atom stereocenters. The van der Waals surface area contributed by atoms with E-state index in [9.17, 15) is 9.59 Å². The second-order valence-corrected chi connectivity index (χ2v) is 5.59. The molecule has 0 radical (unpaired) electrons. The van der Waals surface area contributed by atoms with Crippen LogP contribution in [0.4, 0.5) is 5.69 Å². The van der Waals surface area contributed by atoms with Crippen LogP contribution in [0, 0.1) is 0 Å². The lowest BCUT2D eigenvalue weighted by atomic mass is 10.1. The van der Waals surface area contributed by atoms with Gasteiger partial charge in [-0.3, -0.25) is 19.6 Å². The summed E-state index contributed by atoms with van der Waals surface area (Å²) in [6.07, 6.45) is 5.02. The number of carbonyl (C=O) groups is 2. The van der Waals surface area contributed by atoms with Gasteiger partial charge >= 0.3 is 0 Å². The van der Waals surface area contributed by atoms with E-state index in [2.05, 4.69) is 15.3 Å². The van der Waals surface area contributed by atoms with E-state index in [1.54, 1.807) is 24.7 Å². The molecule has 0 saturated carbocycles. The lowest BCUT2D eigenvalue weighted by Crippen LogP contribution is -2.39. The summed E-state index contributed by atoms with van der Waals surface area (Å²) in [7, 11) is 0. The van der Waals surface area contributed by atoms with E-state index in [0.717, 1.165) is 10.9 Å².